The molecule has 0 aliphatic heterocycles. The van der Waals surface area contributed by atoms with Crippen molar-refractivity contribution in [3.8, 4) is 0 Å². The monoisotopic (exact) mass is 344 g/mol. The second kappa shape index (κ2) is 8.34. The number of aromatic nitrogens is 2. The van der Waals surface area contributed by atoms with Crippen LogP contribution in [0.15, 0.2) is 51.6 Å². The van der Waals surface area contributed by atoms with Gasteiger partial charge in [-0.1, -0.05) is 42.0 Å². The summed E-state index contributed by atoms with van der Waals surface area (Å²) in [7, 11) is 0. The summed E-state index contributed by atoms with van der Waals surface area (Å²) in [5.41, 5.74) is 7.23. The largest absolute Gasteiger partial charge is 0.395 e. The van der Waals surface area contributed by atoms with Crippen LogP contribution in [0.3, 0.4) is 0 Å². The first kappa shape index (κ1) is 18.5. The maximum Gasteiger partial charge on any atom is 0.330 e. The number of H-pyrrole nitrogens is 1. The van der Waals surface area contributed by atoms with Gasteiger partial charge in [0.2, 0.25) is 0 Å². The van der Waals surface area contributed by atoms with Crippen molar-refractivity contribution in [1.29, 1.82) is 0 Å². The first-order valence-corrected chi connectivity index (χ1v) is 8.09. The van der Waals surface area contributed by atoms with Crippen LogP contribution in [0.2, 0.25) is 0 Å². The summed E-state index contributed by atoms with van der Waals surface area (Å²) < 4.78 is 1.33. The Morgan fingerprint density at radius 2 is 1.96 bits per heavy atom. The lowest BCUT2D eigenvalue weighted by Crippen LogP contribution is -2.39. The Morgan fingerprint density at radius 1 is 1.28 bits per heavy atom. The Kier molecular flexibility index (Phi) is 6.19. The van der Waals surface area contributed by atoms with Crippen molar-refractivity contribution in [2.45, 2.75) is 20.4 Å². The van der Waals surface area contributed by atoms with Gasteiger partial charge in [0.1, 0.15) is 11.5 Å². The molecule has 7 nitrogen and oxygen atoms in total. The SMILES string of the molecule is CC(C)=CCN(CCO)c1c(N)n(Cc2ccccc2)c(=O)[nH]c1=O. The number of benzene rings is 1. The molecule has 0 bridgehead atoms. The number of rotatable bonds is 7. The summed E-state index contributed by atoms with van der Waals surface area (Å²) >= 11 is 0. The van der Waals surface area contributed by atoms with Crippen molar-refractivity contribution in [3.63, 3.8) is 0 Å². The number of hydrogen-bond acceptors (Lipinski definition) is 5. The first-order chi connectivity index (χ1) is 11.9. The van der Waals surface area contributed by atoms with Crippen LogP contribution in [0.25, 0.3) is 0 Å². The molecule has 0 unspecified atom stereocenters. The van der Waals surface area contributed by atoms with Crippen molar-refractivity contribution in [3.05, 3.63) is 68.4 Å². The quantitative estimate of drug-likeness (QED) is 0.648. The minimum Gasteiger partial charge on any atom is -0.395 e. The van der Waals surface area contributed by atoms with E-state index in [9.17, 15) is 14.7 Å². The van der Waals surface area contributed by atoms with E-state index < -0.39 is 11.2 Å². The average molecular weight is 344 g/mol. The van der Waals surface area contributed by atoms with E-state index in [-0.39, 0.29) is 31.2 Å². The van der Waals surface area contributed by atoms with E-state index in [1.54, 1.807) is 4.90 Å². The number of anilines is 2. The van der Waals surface area contributed by atoms with E-state index in [0.29, 0.717) is 6.54 Å². The van der Waals surface area contributed by atoms with Gasteiger partial charge in [0.15, 0.2) is 0 Å². The van der Waals surface area contributed by atoms with Crippen molar-refractivity contribution in [2.24, 2.45) is 0 Å². The summed E-state index contributed by atoms with van der Waals surface area (Å²) in [5.74, 6) is 0.0909. The zero-order chi connectivity index (χ0) is 18.4. The van der Waals surface area contributed by atoms with Crippen molar-refractivity contribution in [2.75, 3.05) is 30.3 Å². The number of allylic oxidation sites excluding steroid dienone is 1. The Morgan fingerprint density at radius 3 is 2.56 bits per heavy atom. The fourth-order valence-corrected chi connectivity index (χ4v) is 2.51. The van der Waals surface area contributed by atoms with Gasteiger partial charge in [0.25, 0.3) is 5.56 Å². The fourth-order valence-electron chi connectivity index (χ4n) is 2.51. The maximum absolute atomic E-state index is 12.3. The number of nitrogens with two attached hydrogens (primary N) is 1. The molecule has 4 N–H and O–H groups in total. The summed E-state index contributed by atoms with van der Waals surface area (Å²) in [6.45, 7) is 4.67. The predicted molar refractivity (Wildman–Crippen MR) is 100 cm³/mol. The minimum atomic E-state index is -0.554. The molecule has 134 valence electrons. The van der Waals surface area contributed by atoms with Crippen LogP contribution in [0.5, 0.6) is 0 Å². The summed E-state index contributed by atoms with van der Waals surface area (Å²) in [4.78, 5) is 28.5. The minimum absolute atomic E-state index is 0.0909. The Balaban J connectivity index is 2.50. The molecule has 0 aliphatic carbocycles. The molecule has 0 spiro atoms. The maximum atomic E-state index is 12.3. The molecule has 2 aromatic rings. The van der Waals surface area contributed by atoms with E-state index in [2.05, 4.69) is 4.98 Å². The molecule has 0 saturated carbocycles. The van der Waals surface area contributed by atoms with Crippen molar-refractivity contribution >= 4 is 11.5 Å². The highest BCUT2D eigenvalue weighted by Gasteiger charge is 2.18. The Hall–Kier alpha value is -2.80. The van der Waals surface area contributed by atoms with Gasteiger partial charge < -0.3 is 15.7 Å². The molecule has 1 heterocycles. The van der Waals surface area contributed by atoms with E-state index in [1.165, 1.54) is 4.57 Å². The molecule has 0 radical (unpaired) electrons. The average Bonchev–Trinajstić information content (AvgIpc) is 2.57. The molecule has 0 fully saturated rings. The van der Waals surface area contributed by atoms with Crippen LogP contribution in [-0.2, 0) is 6.54 Å². The van der Waals surface area contributed by atoms with Gasteiger partial charge in [-0.2, -0.15) is 0 Å². The number of aromatic amines is 1. The van der Waals surface area contributed by atoms with Crippen LogP contribution in [-0.4, -0.2) is 34.4 Å². The van der Waals surface area contributed by atoms with E-state index in [1.807, 2.05) is 50.3 Å². The smallest absolute Gasteiger partial charge is 0.330 e. The second-order valence-electron chi connectivity index (χ2n) is 6.02. The number of hydrogen-bond donors (Lipinski definition) is 3. The van der Waals surface area contributed by atoms with Crippen molar-refractivity contribution < 1.29 is 5.11 Å². The van der Waals surface area contributed by atoms with Crippen LogP contribution in [0, 0.1) is 0 Å². The predicted octanol–water partition coefficient (Wildman–Crippen LogP) is 0.932. The van der Waals surface area contributed by atoms with Gasteiger partial charge in [-0.05, 0) is 19.4 Å². The lowest BCUT2D eigenvalue weighted by atomic mass is 10.2. The number of nitrogens with zero attached hydrogens (tertiary/aromatic N) is 2. The summed E-state index contributed by atoms with van der Waals surface area (Å²) in [5, 5.41) is 9.32. The van der Waals surface area contributed by atoms with E-state index in [4.69, 9.17) is 5.73 Å². The zero-order valence-electron chi connectivity index (χ0n) is 14.5. The van der Waals surface area contributed by atoms with Gasteiger partial charge in [0, 0.05) is 13.1 Å². The summed E-state index contributed by atoms with van der Waals surface area (Å²) in [6, 6.07) is 9.39. The first-order valence-electron chi connectivity index (χ1n) is 8.09. The van der Waals surface area contributed by atoms with Crippen LogP contribution < -0.4 is 21.9 Å². The molecule has 0 amide bonds. The normalized spacial score (nSPS) is 10.5. The van der Waals surface area contributed by atoms with Gasteiger partial charge >= 0.3 is 5.69 Å². The molecular formula is C18H24N4O3. The summed E-state index contributed by atoms with van der Waals surface area (Å²) in [6.07, 6.45) is 1.93. The lowest BCUT2D eigenvalue weighted by Gasteiger charge is -2.24. The highest BCUT2D eigenvalue weighted by Crippen LogP contribution is 2.17. The van der Waals surface area contributed by atoms with Gasteiger partial charge in [0.05, 0.1) is 13.2 Å². The molecule has 0 saturated heterocycles. The third-order valence-electron chi connectivity index (χ3n) is 3.80. The molecule has 25 heavy (non-hydrogen) atoms. The number of aliphatic hydroxyl groups is 1. The molecule has 7 heteroatoms. The van der Waals surface area contributed by atoms with E-state index >= 15 is 0 Å². The van der Waals surface area contributed by atoms with E-state index in [0.717, 1.165) is 11.1 Å². The molecule has 2 rings (SSSR count). The highest BCUT2D eigenvalue weighted by atomic mass is 16.3. The Bertz CT molecular complexity index is 849. The van der Waals surface area contributed by atoms with Crippen LogP contribution in [0.4, 0.5) is 11.5 Å². The molecular weight excluding hydrogens is 320 g/mol. The number of nitrogen functional groups attached to an aromatic ring is 1. The highest BCUT2D eigenvalue weighted by molar-refractivity contribution is 5.63. The third kappa shape index (κ3) is 4.60. The molecule has 1 aromatic carbocycles. The van der Waals surface area contributed by atoms with Gasteiger partial charge in [-0.25, -0.2) is 4.79 Å². The number of aliphatic hydroxyl groups excluding tert-OH is 1. The van der Waals surface area contributed by atoms with Crippen LogP contribution >= 0.6 is 0 Å². The third-order valence-corrected chi connectivity index (χ3v) is 3.80. The van der Waals surface area contributed by atoms with Crippen LogP contribution in [0.1, 0.15) is 19.4 Å². The molecule has 0 atom stereocenters. The second-order valence-corrected chi connectivity index (χ2v) is 6.02. The topological polar surface area (TPSA) is 104 Å². The van der Waals surface area contributed by atoms with Crippen molar-refractivity contribution in [1.82, 2.24) is 9.55 Å². The molecule has 1 aromatic heterocycles. The standard InChI is InChI=1S/C18H24N4O3/c1-13(2)8-9-21(10-11-23)15-16(19)22(18(25)20-17(15)24)12-14-6-4-3-5-7-14/h3-8,23H,9-12,19H2,1-2H3,(H,20,24,25). The van der Waals surface area contributed by atoms with Gasteiger partial charge in [-0.3, -0.25) is 14.3 Å². The fraction of sp³-hybridized carbons (Fsp3) is 0.333. The lowest BCUT2D eigenvalue weighted by molar-refractivity contribution is 0.303. The zero-order valence-corrected chi connectivity index (χ0v) is 14.5. The van der Waals surface area contributed by atoms with Gasteiger partial charge in [-0.15, -0.1) is 0 Å². The molecule has 0 aliphatic rings. The Labute approximate surface area is 146 Å². The number of nitrogens with one attached hydrogen (secondary N) is 1.